The first-order valence-electron chi connectivity index (χ1n) is 7.20. The second kappa shape index (κ2) is 5.61. The molecule has 1 aliphatic heterocycles. The molecule has 2 fully saturated rings. The van der Waals surface area contributed by atoms with Crippen LogP contribution in [0.25, 0.3) is 0 Å². The van der Waals surface area contributed by atoms with Gasteiger partial charge in [0.25, 0.3) is 0 Å². The maximum absolute atomic E-state index is 12.5. The van der Waals surface area contributed by atoms with Crippen LogP contribution >= 0.6 is 0 Å². The number of nitrogens with one attached hydrogen (secondary N) is 1. The minimum absolute atomic E-state index is 0.0356. The lowest BCUT2D eigenvalue weighted by molar-refractivity contribution is -0.133. The Bertz CT molecular complexity index is 499. The Kier molecular flexibility index (Phi) is 3.67. The molecule has 2 aliphatic rings. The molecule has 0 radical (unpaired) electrons. The third kappa shape index (κ3) is 3.15. The van der Waals surface area contributed by atoms with E-state index in [0.717, 1.165) is 12.2 Å². The first kappa shape index (κ1) is 13.1. The van der Waals surface area contributed by atoms with Crippen LogP contribution in [0.15, 0.2) is 24.4 Å². The summed E-state index contributed by atoms with van der Waals surface area (Å²) in [5.74, 6) is 0.633. The summed E-state index contributed by atoms with van der Waals surface area (Å²) in [7, 11) is 0. The summed E-state index contributed by atoms with van der Waals surface area (Å²) in [5.41, 5.74) is 0.833. The van der Waals surface area contributed by atoms with Gasteiger partial charge in [0.1, 0.15) is 6.04 Å². The Hall–Kier alpha value is -1.91. The van der Waals surface area contributed by atoms with Gasteiger partial charge in [0.15, 0.2) is 0 Å². The van der Waals surface area contributed by atoms with Crippen LogP contribution in [-0.2, 0) is 16.0 Å². The first-order valence-corrected chi connectivity index (χ1v) is 7.20. The van der Waals surface area contributed by atoms with Crippen molar-refractivity contribution in [3.63, 3.8) is 0 Å². The van der Waals surface area contributed by atoms with E-state index in [1.165, 1.54) is 12.8 Å². The van der Waals surface area contributed by atoms with Gasteiger partial charge in [-0.2, -0.15) is 0 Å². The summed E-state index contributed by atoms with van der Waals surface area (Å²) in [6, 6.07) is 5.15. The Balaban J connectivity index is 1.72. The van der Waals surface area contributed by atoms with Crippen LogP contribution in [0.5, 0.6) is 0 Å². The van der Waals surface area contributed by atoms with E-state index >= 15 is 0 Å². The fourth-order valence-electron chi connectivity index (χ4n) is 2.56. The number of rotatable bonds is 4. The molecule has 0 spiro atoms. The number of hydrogen-bond donors (Lipinski definition) is 1. The van der Waals surface area contributed by atoms with Crippen LogP contribution in [-0.4, -0.2) is 40.8 Å². The zero-order chi connectivity index (χ0) is 13.9. The third-order valence-electron chi connectivity index (χ3n) is 3.87. The maximum atomic E-state index is 12.5. The van der Waals surface area contributed by atoms with Gasteiger partial charge in [-0.05, 0) is 30.9 Å². The maximum Gasteiger partial charge on any atom is 0.245 e. The minimum Gasteiger partial charge on any atom is -0.344 e. The van der Waals surface area contributed by atoms with Crippen molar-refractivity contribution in [1.29, 1.82) is 0 Å². The van der Waals surface area contributed by atoms with Crippen molar-refractivity contribution in [3.05, 3.63) is 30.1 Å². The highest BCUT2D eigenvalue weighted by atomic mass is 16.2. The van der Waals surface area contributed by atoms with E-state index in [2.05, 4.69) is 10.3 Å². The molecule has 1 atom stereocenters. The minimum atomic E-state index is -0.473. The van der Waals surface area contributed by atoms with Gasteiger partial charge < -0.3 is 10.2 Å². The Labute approximate surface area is 118 Å². The van der Waals surface area contributed by atoms with Crippen molar-refractivity contribution in [2.24, 2.45) is 5.92 Å². The molecule has 1 aromatic heterocycles. The lowest BCUT2D eigenvalue weighted by Crippen LogP contribution is -2.46. The van der Waals surface area contributed by atoms with Crippen molar-refractivity contribution >= 4 is 11.8 Å². The van der Waals surface area contributed by atoms with Crippen LogP contribution in [0.2, 0.25) is 0 Å². The molecule has 5 nitrogen and oxygen atoms in total. The molecule has 2 heterocycles. The molecule has 20 heavy (non-hydrogen) atoms. The molecule has 2 amide bonds. The molecule has 3 rings (SSSR count). The van der Waals surface area contributed by atoms with E-state index in [9.17, 15) is 9.59 Å². The molecule has 1 aliphatic carbocycles. The van der Waals surface area contributed by atoms with E-state index < -0.39 is 6.04 Å². The van der Waals surface area contributed by atoms with Crippen molar-refractivity contribution < 1.29 is 9.59 Å². The van der Waals surface area contributed by atoms with Gasteiger partial charge in [-0.3, -0.25) is 14.6 Å². The quantitative estimate of drug-likeness (QED) is 0.880. The summed E-state index contributed by atoms with van der Waals surface area (Å²) in [4.78, 5) is 30.4. The number of amides is 2. The second-order valence-corrected chi connectivity index (χ2v) is 5.62. The highest BCUT2D eigenvalue weighted by molar-refractivity contribution is 5.90. The van der Waals surface area contributed by atoms with Gasteiger partial charge in [0.05, 0.1) is 0 Å². The van der Waals surface area contributed by atoms with E-state index in [-0.39, 0.29) is 11.8 Å². The molecule has 0 bridgehead atoms. The molecule has 0 aromatic carbocycles. The predicted molar refractivity (Wildman–Crippen MR) is 73.8 cm³/mol. The second-order valence-electron chi connectivity index (χ2n) is 5.62. The van der Waals surface area contributed by atoms with Gasteiger partial charge in [0, 0.05) is 37.8 Å². The normalized spacial score (nSPS) is 23.4. The van der Waals surface area contributed by atoms with Crippen LogP contribution in [0.1, 0.15) is 25.0 Å². The summed E-state index contributed by atoms with van der Waals surface area (Å²) in [5, 5.41) is 2.83. The van der Waals surface area contributed by atoms with Crippen LogP contribution in [0.4, 0.5) is 0 Å². The van der Waals surface area contributed by atoms with Gasteiger partial charge in [-0.1, -0.05) is 6.07 Å². The Morgan fingerprint density at radius 3 is 2.85 bits per heavy atom. The lowest BCUT2D eigenvalue weighted by atomic mass is 10.1. The van der Waals surface area contributed by atoms with Crippen LogP contribution < -0.4 is 5.32 Å². The summed E-state index contributed by atoms with van der Waals surface area (Å²) >= 11 is 0. The lowest BCUT2D eigenvalue weighted by Gasteiger charge is -2.23. The van der Waals surface area contributed by atoms with E-state index in [1.54, 1.807) is 6.20 Å². The smallest absolute Gasteiger partial charge is 0.245 e. The number of nitrogens with zero attached hydrogens (tertiary/aromatic N) is 2. The van der Waals surface area contributed by atoms with Gasteiger partial charge in [0.2, 0.25) is 11.8 Å². The summed E-state index contributed by atoms with van der Waals surface area (Å²) < 4.78 is 0. The van der Waals surface area contributed by atoms with Gasteiger partial charge in [-0.25, -0.2) is 0 Å². The van der Waals surface area contributed by atoms with E-state index in [1.807, 2.05) is 23.1 Å². The van der Waals surface area contributed by atoms with Gasteiger partial charge >= 0.3 is 0 Å². The van der Waals surface area contributed by atoms with E-state index in [0.29, 0.717) is 25.3 Å². The SMILES string of the molecule is O=C1CCN(CC2CC2)C(=O)[C@@H](Cc2ccccn2)N1. The molecular weight excluding hydrogens is 254 g/mol. The first-order chi connectivity index (χ1) is 9.72. The Morgan fingerprint density at radius 2 is 2.15 bits per heavy atom. The van der Waals surface area contributed by atoms with Crippen LogP contribution in [0, 0.1) is 5.92 Å². The number of pyridine rings is 1. The molecule has 5 heteroatoms. The van der Waals surface area contributed by atoms with Crippen molar-refractivity contribution in [2.45, 2.75) is 31.7 Å². The monoisotopic (exact) mass is 273 g/mol. The molecule has 1 aromatic rings. The largest absolute Gasteiger partial charge is 0.344 e. The third-order valence-corrected chi connectivity index (χ3v) is 3.87. The number of carbonyl (C=O) groups is 2. The number of carbonyl (C=O) groups excluding carboxylic acids is 2. The van der Waals surface area contributed by atoms with Crippen LogP contribution in [0.3, 0.4) is 0 Å². The van der Waals surface area contributed by atoms with E-state index in [4.69, 9.17) is 0 Å². The molecule has 106 valence electrons. The van der Waals surface area contributed by atoms with Crippen molar-refractivity contribution in [1.82, 2.24) is 15.2 Å². The zero-order valence-electron chi connectivity index (χ0n) is 11.4. The fraction of sp³-hybridized carbons (Fsp3) is 0.533. The average Bonchev–Trinajstić information content (AvgIpc) is 3.27. The van der Waals surface area contributed by atoms with Crippen molar-refractivity contribution in [3.8, 4) is 0 Å². The molecule has 0 unspecified atom stereocenters. The van der Waals surface area contributed by atoms with Crippen molar-refractivity contribution in [2.75, 3.05) is 13.1 Å². The molecular formula is C15H19N3O2. The summed E-state index contributed by atoms with van der Waals surface area (Å²) in [6.45, 7) is 1.34. The standard InChI is InChI=1S/C15H19N3O2/c19-14-6-8-18(10-11-4-5-11)15(20)13(17-14)9-12-3-1-2-7-16-12/h1-3,7,11,13H,4-6,8-10H2,(H,17,19)/t13-/m1/s1. The highest BCUT2D eigenvalue weighted by Crippen LogP contribution is 2.30. The average molecular weight is 273 g/mol. The number of hydrogen-bond acceptors (Lipinski definition) is 3. The molecule has 1 saturated heterocycles. The Morgan fingerprint density at radius 1 is 1.30 bits per heavy atom. The predicted octanol–water partition coefficient (Wildman–Crippen LogP) is 0.751. The highest BCUT2D eigenvalue weighted by Gasteiger charge is 2.33. The molecule has 1 N–H and O–H groups in total. The molecule has 1 saturated carbocycles. The summed E-state index contributed by atoms with van der Waals surface area (Å²) in [6.07, 6.45) is 4.98. The number of aromatic nitrogens is 1. The topological polar surface area (TPSA) is 62.3 Å². The van der Waals surface area contributed by atoms with Gasteiger partial charge in [-0.15, -0.1) is 0 Å². The zero-order valence-corrected chi connectivity index (χ0v) is 11.4. The fourth-order valence-corrected chi connectivity index (χ4v) is 2.56.